The molecule has 1 saturated heterocycles. The van der Waals surface area contributed by atoms with Crippen molar-refractivity contribution < 1.29 is 28.5 Å². The Morgan fingerprint density at radius 3 is 2.47 bits per heavy atom. The van der Waals surface area contributed by atoms with Crippen LogP contribution in [0.4, 0.5) is 0 Å². The summed E-state index contributed by atoms with van der Waals surface area (Å²) >= 11 is 0. The maximum Gasteiger partial charge on any atom is 0.302 e. The predicted octanol–water partition coefficient (Wildman–Crippen LogP) is 4.77. The SMILES string of the molecule is COC(CC=C(C)C)(OC)C(C)CCC[C@]1(C)OC/C(=C/COC(C)=O)CCC1=O. The Kier molecular flexibility index (Phi) is 10.9. The molecular formula is C24H40O6. The average Bonchev–Trinajstić information content (AvgIpc) is 2.82. The van der Waals surface area contributed by atoms with Gasteiger partial charge in [0, 0.05) is 39.9 Å². The normalized spacial score (nSPS) is 22.5. The van der Waals surface area contributed by atoms with E-state index in [1.54, 1.807) is 14.2 Å². The molecule has 0 N–H and O–H groups in total. The molecule has 6 nitrogen and oxygen atoms in total. The smallest absolute Gasteiger partial charge is 0.302 e. The fraction of sp³-hybridized carbons (Fsp3) is 0.750. The summed E-state index contributed by atoms with van der Waals surface area (Å²) in [5, 5.41) is 0. The van der Waals surface area contributed by atoms with Crippen LogP contribution in [0.25, 0.3) is 0 Å². The van der Waals surface area contributed by atoms with Crippen LogP contribution in [0.5, 0.6) is 0 Å². The van der Waals surface area contributed by atoms with E-state index in [1.807, 2.05) is 13.0 Å². The minimum absolute atomic E-state index is 0.125. The van der Waals surface area contributed by atoms with Gasteiger partial charge in [-0.1, -0.05) is 18.6 Å². The first-order valence-electron chi connectivity index (χ1n) is 10.8. The lowest BCUT2D eigenvalue weighted by molar-refractivity contribution is -0.235. The summed E-state index contributed by atoms with van der Waals surface area (Å²) in [6.07, 6.45) is 8.10. The lowest BCUT2D eigenvalue weighted by atomic mass is 9.86. The fourth-order valence-corrected chi connectivity index (χ4v) is 3.76. The van der Waals surface area contributed by atoms with Gasteiger partial charge in [-0.25, -0.2) is 0 Å². The van der Waals surface area contributed by atoms with Crippen molar-refractivity contribution >= 4 is 11.8 Å². The van der Waals surface area contributed by atoms with Crippen LogP contribution < -0.4 is 0 Å². The van der Waals surface area contributed by atoms with Crippen molar-refractivity contribution in [2.24, 2.45) is 5.92 Å². The summed E-state index contributed by atoms with van der Waals surface area (Å²) in [6.45, 7) is 10.1. The van der Waals surface area contributed by atoms with Gasteiger partial charge < -0.3 is 18.9 Å². The maximum absolute atomic E-state index is 12.7. The first-order chi connectivity index (χ1) is 14.1. The minimum atomic E-state index is -0.792. The van der Waals surface area contributed by atoms with Crippen molar-refractivity contribution in [3.8, 4) is 0 Å². The summed E-state index contributed by atoms with van der Waals surface area (Å²) in [6, 6.07) is 0. The van der Waals surface area contributed by atoms with E-state index in [1.165, 1.54) is 12.5 Å². The first-order valence-corrected chi connectivity index (χ1v) is 10.8. The number of hydrogen-bond acceptors (Lipinski definition) is 6. The molecule has 1 unspecified atom stereocenters. The van der Waals surface area contributed by atoms with Crippen LogP contribution in [0.15, 0.2) is 23.3 Å². The van der Waals surface area contributed by atoms with Crippen molar-refractivity contribution in [2.75, 3.05) is 27.4 Å². The molecule has 6 heteroatoms. The molecule has 0 aliphatic carbocycles. The zero-order valence-corrected chi connectivity index (χ0v) is 19.8. The minimum Gasteiger partial charge on any atom is -0.462 e. The molecule has 1 fully saturated rings. The van der Waals surface area contributed by atoms with Crippen molar-refractivity contribution in [2.45, 2.75) is 84.5 Å². The molecule has 0 aromatic rings. The number of carbonyl (C=O) groups is 2. The monoisotopic (exact) mass is 424 g/mol. The van der Waals surface area contributed by atoms with E-state index in [0.29, 0.717) is 32.3 Å². The second-order valence-corrected chi connectivity index (χ2v) is 8.61. The molecule has 30 heavy (non-hydrogen) atoms. The molecule has 1 heterocycles. The largest absolute Gasteiger partial charge is 0.462 e. The number of ether oxygens (including phenoxy) is 4. The van der Waals surface area contributed by atoms with E-state index in [4.69, 9.17) is 18.9 Å². The molecule has 0 amide bonds. The van der Waals surface area contributed by atoms with Crippen LogP contribution in [-0.4, -0.2) is 50.6 Å². The maximum atomic E-state index is 12.7. The second kappa shape index (κ2) is 12.4. The number of esters is 1. The summed E-state index contributed by atoms with van der Waals surface area (Å²) < 4.78 is 22.5. The van der Waals surface area contributed by atoms with Gasteiger partial charge >= 0.3 is 5.97 Å². The van der Waals surface area contributed by atoms with E-state index in [9.17, 15) is 9.59 Å². The molecule has 0 spiro atoms. The van der Waals surface area contributed by atoms with Crippen LogP contribution in [0.2, 0.25) is 0 Å². The van der Waals surface area contributed by atoms with Gasteiger partial charge in [0.15, 0.2) is 11.6 Å². The highest BCUT2D eigenvalue weighted by Crippen LogP contribution is 2.34. The molecule has 0 radical (unpaired) electrons. The van der Waals surface area contributed by atoms with Crippen molar-refractivity contribution in [1.29, 1.82) is 0 Å². The number of carbonyl (C=O) groups excluding carboxylic acids is 2. The third-order valence-electron chi connectivity index (χ3n) is 6.03. The summed E-state index contributed by atoms with van der Waals surface area (Å²) in [7, 11) is 3.36. The first kappa shape index (κ1) is 26.5. The third kappa shape index (κ3) is 7.97. The Morgan fingerprint density at radius 2 is 1.90 bits per heavy atom. The Balaban J connectivity index is 2.67. The van der Waals surface area contributed by atoms with E-state index in [-0.39, 0.29) is 24.3 Å². The number of rotatable bonds is 11. The highest BCUT2D eigenvalue weighted by Gasteiger charge is 2.38. The van der Waals surface area contributed by atoms with Crippen molar-refractivity contribution in [1.82, 2.24) is 0 Å². The standard InChI is InChI=1S/C24H40O6/c1-18(2)12-15-24(27-6,28-7)19(3)9-8-14-23(5)22(26)11-10-21(17-30-23)13-16-29-20(4)25/h12-13,19H,8-11,14-17H2,1-7H3/b21-13+/t19?,23-/m0/s1. The Labute approximate surface area is 182 Å². The van der Waals surface area contributed by atoms with Crippen LogP contribution in [-0.2, 0) is 28.5 Å². The predicted molar refractivity (Wildman–Crippen MR) is 117 cm³/mol. The zero-order chi connectivity index (χ0) is 22.8. The Hall–Kier alpha value is -1.50. The molecule has 2 atom stereocenters. The highest BCUT2D eigenvalue weighted by atomic mass is 16.7. The quantitative estimate of drug-likeness (QED) is 0.270. The lowest BCUT2D eigenvalue weighted by Crippen LogP contribution is -2.41. The van der Waals surface area contributed by atoms with Crippen molar-refractivity contribution in [3.05, 3.63) is 23.3 Å². The summed E-state index contributed by atoms with van der Waals surface area (Å²) in [5.41, 5.74) is 1.43. The molecule has 1 aliphatic rings. The molecular weight excluding hydrogens is 384 g/mol. The molecule has 0 aromatic carbocycles. The van der Waals surface area contributed by atoms with Gasteiger partial charge in [-0.15, -0.1) is 0 Å². The number of methoxy groups -OCH3 is 2. The molecule has 0 bridgehead atoms. The van der Waals surface area contributed by atoms with E-state index < -0.39 is 11.4 Å². The van der Waals surface area contributed by atoms with Gasteiger partial charge in [0.25, 0.3) is 0 Å². The molecule has 0 saturated carbocycles. The number of Topliss-reactive ketones (excluding diaryl/α,β-unsaturated/α-hetero) is 1. The van der Waals surface area contributed by atoms with Crippen LogP contribution in [0.3, 0.4) is 0 Å². The summed E-state index contributed by atoms with van der Waals surface area (Å²) in [4.78, 5) is 23.6. The van der Waals surface area contributed by atoms with E-state index in [0.717, 1.165) is 18.4 Å². The highest BCUT2D eigenvalue weighted by molar-refractivity contribution is 5.87. The Morgan fingerprint density at radius 1 is 1.23 bits per heavy atom. The third-order valence-corrected chi connectivity index (χ3v) is 6.03. The van der Waals surface area contributed by atoms with E-state index in [2.05, 4.69) is 26.8 Å². The molecule has 1 rings (SSSR count). The Bertz CT molecular complexity index is 628. The average molecular weight is 425 g/mol. The number of hydrogen-bond donors (Lipinski definition) is 0. The number of ketones is 1. The molecule has 1 aliphatic heterocycles. The van der Waals surface area contributed by atoms with Gasteiger partial charge in [0.05, 0.1) is 6.61 Å². The van der Waals surface area contributed by atoms with Gasteiger partial charge in [-0.3, -0.25) is 9.59 Å². The van der Waals surface area contributed by atoms with Gasteiger partial charge in [-0.2, -0.15) is 0 Å². The van der Waals surface area contributed by atoms with Crippen LogP contribution in [0, 0.1) is 5.92 Å². The van der Waals surface area contributed by atoms with Gasteiger partial charge in [0.1, 0.15) is 12.2 Å². The van der Waals surface area contributed by atoms with Gasteiger partial charge in [0.2, 0.25) is 0 Å². The fourth-order valence-electron chi connectivity index (χ4n) is 3.76. The van der Waals surface area contributed by atoms with Crippen LogP contribution >= 0.6 is 0 Å². The van der Waals surface area contributed by atoms with E-state index >= 15 is 0 Å². The summed E-state index contributed by atoms with van der Waals surface area (Å²) in [5.74, 6) is -0.699. The van der Waals surface area contributed by atoms with Gasteiger partial charge in [-0.05, 0) is 58.1 Å². The lowest BCUT2D eigenvalue weighted by Gasteiger charge is -2.36. The zero-order valence-electron chi connectivity index (χ0n) is 19.8. The van der Waals surface area contributed by atoms with Crippen molar-refractivity contribution in [3.63, 3.8) is 0 Å². The second-order valence-electron chi connectivity index (χ2n) is 8.61. The van der Waals surface area contributed by atoms with Crippen LogP contribution in [0.1, 0.15) is 73.1 Å². The molecule has 172 valence electrons. The number of allylic oxidation sites excluding steroid dienone is 1. The molecule has 0 aromatic heterocycles. The topological polar surface area (TPSA) is 71.1 Å².